The molecule has 0 saturated carbocycles. The summed E-state index contributed by atoms with van der Waals surface area (Å²) in [5, 5.41) is 2.63. The third-order valence-electron chi connectivity index (χ3n) is 2.78. The van der Waals surface area contributed by atoms with E-state index in [1.165, 1.54) is 6.07 Å². The van der Waals surface area contributed by atoms with Gasteiger partial charge in [-0.3, -0.25) is 4.79 Å². The number of amides is 1. The fourth-order valence-corrected chi connectivity index (χ4v) is 1.97. The lowest BCUT2D eigenvalue weighted by Gasteiger charge is -2.08. The topological polar surface area (TPSA) is 38.3 Å². The molecule has 18 heavy (non-hydrogen) atoms. The number of carbonyl (C=O) groups excluding carboxylic acids is 1. The number of hydrogen-bond donors (Lipinski definition) is 1. The van der Waals surface area contributed by atoms with Crippen molar-refractivity contribution in [2.24, 2.45) is 0 Å². The minimum Gasteiger partial charge on any atom is -0.454 e. The second-order valence-electron chi connectivity index (χ2n) is 4.17. The number of nitrogens with one attached hydrogen (secondary N) is 1. The quantitative estimate of drug-likeness (QED) is 0.769. The van der Waals surface area contributed by atoms with Gasteiger partial charge in [0.05, 0.1) is 5.69 Å². The Morgan fingerprint density at radius 1 is 1.17 bits per heavy atom. The molecular weight excluding hydrogens is 233 g/mol. The van der Waals surface area contributed by atoms with Crippen molar-refractivity contribution < 1.29 is 13.9 Å². The summed E-state index contributed by atoms with van der Waals surface area (Å²) in [5.74, 6) is -0.313. The molecule has 3 rings (SSSR count). The van der Waals surface area contributed by atoms with Gasteiger partial charge in [0.2, 0.25) is 0 Å². The maximum Gasteiger partial charge on any atom is 0.262 e. The van der Waals surface area contributed by atoms with Gasteiger partial charge in [-0.25, -0.2) is 4.39 Å². The van der Waals surface area contributed by atoms with E-state index in [9.17, 15) is 9.18 Å². The number of benzene rings is 2. The summed E-state index contributed by atoms with van der Waals surface area (Å²) in [4.78, 5) is 12.0. The van der Waals surface area contributed by atoms with Gasteiger partial charge >= 0.3 is 0 Å². The fraction of sp³-hybridized carbons (Fsp3) is 0.0714. The Morgan fingerprint density at radius 3 is 2.78 bits per heavy atom. The Kier molecular flexibility index (Phi) is 2.30. The van der Waals surface area contributed by atoms with Crippen LogP contribution in [-0.2, 0) is 0 Å². The molecule has 1 aliphatic heterocycles. The van der Waals surface area contributed by atoms with Gasteiger partial charge in [-0.15, -0.1) is 0 Å². The Hall–Kier alpha value is -2.36. The molecule has 0 fully saturated rings. The number of aryl methyl sites for hydroxylation is 1. The summed E-state index contributed by atoms with van der Waals surface area (Å²) < 4.78 is 19.5. The first-order chi connectivity index (χ1) is 8.65. The molecule has 1 heterocycles. The van der Waals surface area contributed by atoms with Crippen LogP contribution in [0.25, 0.3) is 0 Å². The zero-order chi connectivity index (χ0) is 12.7. The standard InChI is InChI=1S/C14H10FNO2/c1-8-6-9(15)13-12(7-8)18-11-5-3-2-4-10(11)16-14(13)17/h2-7H,1H3,(H,16,17). The SMILES string of the molecule is Cc1cc(F)c2c(c1)Oc1ccccc1NC2=O. The van der Waals surface area contributed by atoms with Crippen LogP contribution in [0.2, 0.25) is 0 Å². The van der Waals surface area contributed by atoms with Crippen molar-refractivity contribution in [1.29, 1.82) is 0 Å². The lowest BCUT2D eigenvalue weighted by Crippen LogP contribution is -2.12. The zero-order valence-electron chi connectivity index (χ0n) is 9.66. The summed E-state index contributed by atoms with van der Waals surface area (Å²) in [5.41, 5.74) is 1.19. The van der Waals surface area contributed by atoms with Crippen molar-refractivity contribution in [3.05, 3.63) is 53.3 Å². The predicted molar refractivity (Wildman–Crippen MR) is 65.6 cm³/mol. The van der Waals surface area contributed by atoms with Crippen LogP contribution in [0.4, 0.5) is 10.1 Å². The van der Waals surface area contributed by atoms with Crippen molar-refractivity contribution in [2.75, 3.05) is 5.32 Å². The van der Waals surface area contributed by atoms with Crippen LogP contribution in [0, 0.1) is 12.7 Å². The highest BCUT2D eigenvalue weighted by Gasteiger charge is 2.24. The molecule has 0 spiro atoms. The molecule has 0 radical (unpaired) electrons. The molecule has 0 bridgehead atoms. The highest BCUT2D eigenvalue weighted by molar-refractivity contribution is 6.08. The number of hydrogen-bond acceptors (Lipinski definition) is 2. The van der Waals surface area contributed by atoms with Crippen molar-refractivity contribution in [3.63, 3.8) is 0 Å². The third kappa shape index (κ3) is 1.62. The number of para-hydroxylation sites is 2. The van der Waals surface area contributed by atoms with Gasteiger partial charge in [-0.05, 0) is 36.8 Å². The van der Waals surface area contributed by atoms with Crippen LogP contribution in [0.3, 0.4) is 0 Å². The maximum atomic E-state index is 13.8. The van der Waals surface area contributed by atoms with Gasteiger partial charge in [0.15, 0.2) is 5.75 Å². The van der Waals surface area contributed by atoms with Crippen molar-refractivity contribution in [1.82, 2.24) is 0 Å². The van der Waals surface area contributed by atoms with Crippen molar-refractivity contribution in [2.45, 2.75) is 6.92 Å². The lowest BCUT2D eigenvalue weighted by atomic mass is 10.1. The molecule has 0 aromatic heterocycles. The van der Waals surface area contributed by atoms with Crippen LogP contribution in [0.15, 0.2) is 36.4 Å². The second-order valence-corrected chi connectivity index (χ2v) is 4.17. The Morgan fingerprint density at radius 2 is 1.94 bits per heavy atom. The highest BCUT2D eigenvalue weighted by Crippen LogP contribution is 2.36. The Bertz CT molecular complexity index is 652. The molecule has 1 aliphatic rings. The van der Waals surface area contributed by atoms with E-state index in [0.29, 0.717) is 17.0 Å². The second kappa shape index (κ2) is 3.84. The molecular formula is C14H10FNO2. The number of rotatable bonds is 0. The van der Waals surface area contributed by atoms with E-state index in [2.05, 4.69) is 5.32 Å². The van der Waals surface area contributed by atoms with Gasteiger partial charge < -0.3 is 10.1 Å². The molecule has 1 amide bonds. The van der Waals surface area contributed by atoms with E-state index in [1.54, 1.807) is 37.3 Å². The molecule has 3 nitrogen and oxygen atoms in total. The Labute approximate surface area is 103 Å². The highest BCUT2D eigenvalue weighted by atomic mass is 19.1. The zero-order valence-corrected chi connectivity index (χ0v) is 9.66. The molecule has 0 aliphatic carbocycles. The average molecular weight is 243 g/mol. The van der Waals surface area contributed by atoms with Crippen molar-refractivity contribution >= 4 is 11.6 Å². The first-order valence-corrected chi connectivity index (χ1v) is 5.53. The average Bonchev–Trinajstić information content (AvgIpc) is 2.43. The molecule has 90 valence electrons. The molecule has 2 aromatic carbocycles. The molecule has 2 aromatic rings. The van der Waals surface area contributed by atoms with Gasteiger partial charge in [0.1, 0.15) is 17.1 Å². The first-order valence-electron chi connectivity index (χ1n) is 5.53. The molecule has 1 N–H and O–H groups in total. The number of ether oxygens (including phenoxy) is 1. The minimum atomic E-state index is -0.574. The smallest absolute Gasteiger partial charge is 0.262 e. The summed E-state index contributed by atoms with van der Waals surface area (Å²) in [7, 11) is 0. The minimum absolute atomic E-state index is 0.0585. The van der Waals surface area contributed by atoms with E-state index >= 15 is 0 Å². The predicted octanol–water partition coefficient (Wildman–Crippen LogP) is 3.49. The van der Waals surface area contributed by atoms with Gasteiger partial charge in [-0.2, -0.15) is 0 Å². The van der Waals surface area contributed by atoms with Crippen LogP contribution in [0.5, 0.6) is 11.5 Å². The van der Waals surface area contributed by atoms with Crippen LogP contribution >= 0.6 is 0 Å². The van der Waals surface area contributed by atoms with Gasteiger partial charge in [0, 0.05) is 0 Å². The van der Waals surface area contributed by atoms with E-state index in [0.717, 1.165) is 0 Å². The van der Waals surface area contributed by atoms with E-state index in [1.807, 2.05) is 0 Å². The number of halogens is 1. The number of fused-ring (bicyclic) bond motifs is 2. The van der Waals surface area contributed by atoms with E-state index in [4.69, 9.17) is 4.74 Å². The summed E-state index contributed by atoms with van der Waals surface area (Å²) in [6, 6.07) is 9.98. The van der Waals surface area contributed by atoms with Gasteiger partial charge in [0.25, 0.3) is 5.91 Å². The van der Waals surface area contributed by atoms with Crippen molar-refractivity contribution in [3.8, 4) is 11.5 Å². The molecule has 0 unspecified atom stereocenters. The van der Waals surface area contributed by atoms with Crippen LogP contribution < -0.4 is 10.1 Å². The summed E-state index contributed by atoms with van der Waals surface area (Å²) in [6.07, 6.45) is 0. The molecule has 0 atom stereocenters. The summed E-state index contributed by atoms with van der Waals surface area (Å²) in [6.45, 7) is 1.75. The molecule has 0 saturated heterocycles. The normalized spacial score (nSPS) is 12.9. The number of carbonyl (C=O) groups is 1. The van der Waals surface area contributed by atoms with Crippen LogP contribution in [-0.4, -0.2) is 5.91 Å². The largest absolute Gasteiger partial charge is 0.454 e. The fourth-order valence-electron chi connectivity index (χ4n) is 1.97. The van der Waals surface area contributed by atoms with Gasteiger partial charge in [-0.1, -0.05) is 12.1 Å². The molecule has 4 heteroatoms. The third-order valence-corrected chi connectivity index (χ3v) is 2.78. The monoisotopic (exact) mass is 243 g/mol. The maximum absolute atomic E-state index is 13.8. The van der Waals surface area contributed by atoms with E-state index < -0.39 is 11.7 Å². The summed E-state index contributed by atoms with van der Waals surface area (Å²) >= 11 is 0. The van der Waals surface area contributed by atoms with Crippen LogP contribution in [0.1, 0.15) is 15.9 Å². The lowest BCUT2D eigenvalue weighted by molar-refractivity contribution is 0.102. The number of anilines is 1. The first kappa shape index (κ1) is 10.8. The Balaban J connectivity index is 2.23. The van der Waals surface area contributed by atoms with E-state index in [-0.39, 0.29) is 11.3 Å².